The van der Waals surface area contributed by atoms with Gasteiger partial charge in [-0.1, -0.05) is 33.1 Å². The Balaban J connectivity index is 1.75. The van der Waals surface area contributed by atoms with E-state index in [0.29, 0.717) is 51.7 Å². The average molecular weight is 462 g/mol. The molecule has 2 heterocycles. The number of carbonyl (C=O) groups is 2. The second kappa shape index (κ2) is 11.7. The van der Waals surface area contributed by atoms with Gasteiger partial charge < -0.3 is 20.7 Å². The number of primary amides is 1. The molecule has 0 aromatic heterocycles. The van der Waals surface area contributed by atoms with Gasteiger partial charge in [-0.3, -0.25) is 15.0 Å². The highest BCUT2D eigenvalue weighted by Crippen LogP contribution is 2.30. The fraction of sp³-hybridized carbons (Fsp3) is 0.826. The second-order valence-electron chi connectivity index (χ2n) is 9.88. The molecule has 2 unspecified atom stereocenters. The first-order chi connectivity index (χ1) is 15.8. The van der Waals surface area contributed by atoms with E-state index in [1.807, 2.05) is 18.7 Å². The number of nitrogens with zero attached hydrogens (tertiary/aromatic N) is 4. The van der Waals surface area contributed by atoms with Gasteiger partial charge in [-0.2, -0.15) is 5.26 Å². The fourth-order valence-corrected chi connectivity index (χ4v) is 5.03. The van der Waals surface area contributed by atoms with E-state index in [1.54, 1.807) is 0 Å². The molecule has 0 bridgehead atoms. The SMILES string of the molecule is CC(C)CC(N=C(NC(N)=O)N1CCOCC1)C(=O)NC1(C#N)CCN(C2CCCCC2)C1. The first kappa shape index (κ1) is 25.2. The molecule has 0 aromatic carbocycles. The molecule has 0 aromatic rings. The van der Waals surface area contributed by atoms with E-state index in [-0.39, 0.29) is 17.8 Å². The van der Waals surface area contributed by atoms with E-state index in [1.165, 1.54) is 19.3 Å². The summed E-state index contributed by atoms with van der Waals surface area (Å²) in [5.74, 6) is 0.199. The number of aliphatic imine (C=N–C) groups is 1. The van der Waals surface area contributed by atoms with Crippen LogP contribution in [0.1, 0.15) is 58.8 Å². The number of carbonyl (C=O) groups excluding carboxylic acids is 2. The van der Waals surface area contributed by atoms with Crippen LogP contribution in [0.4, 0.5) is 4.79 Å². The zero-order valence-electron chi connectivity index (χ0n) is 20.0. The van der Waals surface area contributed by atoms with Gasteiger partial charge in [0.05, 0.1) is 19.3 Å². The fourth-order valence-electron chi connectivity index (χ4n) is 5.03. The van der Waals surface area contributed by atoms with Crippen LogP contribution in [0, 0.1) is 17.2 Å². The molecular formula is C23H39N7O3. The van der Waals surface area contributed by atoms with Crippen LogP contribution < -0.4 is 16.4 Å². The molecule has 10 heteroatoms. The average Bonchev–Trinajstić information content (AvgIpc) is 3.23. The molecule has 3 fully saturated rings. The minimum Gasteiger partial charge on any atom is -0.378 e. The van der Waals surface area contributed by atoms with Gasteiger partial charge in [0.1, 0.15) is 11.6 Å². The summed E-state index contributed by atoms with van der Waals surface area (Å²) in [4.78, 5) is 33.9. The molecule has 4 N–H and O–H groups in total. The lowest BCUT2D eigenvalue weighted by atomic mass is 9.94. The third-order valence-corrected chi connectivity index (χ3v) is 6.79. The monoisotopic (exact) mass is 461 g/mol. The maximum Gasteiger partial charge on any atom is 0.318 e. The molecule has 0 radical (unpaired) electrons. The lowest BCUT2D eigenvalue weighted by Crippen LogP contribution is -2.54. The van der Waals surface area contributed by atoms with Crippen molar-refractivity contribution < 1.29 is 14.3 Å². The van der Waals surface area contributed by atoms with Gasteiger partial charge in [0.15, 0.2) is 0 Å². The van der Waals surface area contributed by atoms with Crippen LogP contribution in [0.3, 0.4) is 0 Å². The molecule has 3 rings (SSSR count). The lowest BCUT2D eigenvalue weighted by Gasteiger charge is -2.33. The topological polar surface area (TPSA) is 136 Å². The van der Waals surface area contributed by atoms with E-state index in [2.05, 4.69) is 26.6 Å². The highest BCUT2D eigenvalue weighted by Gasteiger charge is 2.43. The van der Waals surface area contributed by atoms with Crippen molar-refractivity contribution in [3.63, 3.8) is 0 Å². The predicted octanol–water partition coefficient (Wildman–Crippen LogP) is 1.17. The first-order valence-electron chi connectivity index (χ1n) is 12.3. The van der Waals surface area contributed by atoms with E-state index >= 15 is 0 Å². The van der Waals surface area contributed by atoms with Crippen molar-refractivity contribution in [2.24, 2.45) is 16.6 Å². The van der Waals surface area contributed by atoms with Crippen LogP contribution in [0.25, 0.3) is 0 Å². The van der Waals surface area contributed by atoms with Crippen LogP contribution in [0.2, 0.25) is 0 Å². The molecular weight excluding hydrogens is 422 g/mol. The minimum atomic E-state index is -0.907. The van der Waals surface area contributed by atoms with Crippen LogP contribution >= 0.6 is 0 Å². The van der Waals surface area contributed by atoms with Crippen molar-refractivity contribution in [2.75, 3.05) is 39.4 Å². The van der Waals surface area contributed by atoms with Crippen molar-refractivity contribution in [2.45, 2.75) is 76.4 Å². The van der Waals surface area contributed by atoms with Gasteiger partial charge in [-0.05, 0) is 31.6 Å². The number of nitriles is 1. The quantitative estimate of drug-likeness (QED) is 0.401. The van der Waals surface area contributed by atoms with Gasteiger partial charge in [0.25, 0.3) is 0 Å². The normalized spacial score (nSPS) is 26.1. The first-order valence-corrected chi connectivity index (χ1v) is 12.3. The summed E-state index contributed by atoms with van der Waals surface area (Å²) >= 11 is 0. The number of urea groups is 1. The maximum absolute atomic E-state index is 13.4. The Hall–Kier alpha value is -2.38. The summed E-state index contributed by atoms with van der Waals surface area (Å²) < 4.78 is 5.39. The van der Waals surface area contributed by atoms with Gasteiger partial charge in [-0.25, -0.2) is 9.79 Å². The number of amides is 3. The zero-order chi connectivity index (χ0) is 23.8. The Morgan fingerprint density at radius 2 is 1.91 bits per heavy atom. The Bertz CT molecular complexity index is 754. The molecule has 1 saturated carbocycles. The second-order valence-corrected chi connectivity index (χ2v) is 9.88. The van der Waals surface area contributed by atoms with Crippen molar-refractivity contribution in [3.05, 3.63) is 0 Å². The van der Waals surface area contributed by atoms with Crippen molar-refractivity contribution >= 4 is 17.9 Å². The van der Waals surface area contributed by atoms with Crippen LogP contribution in [-0.2, 0) is 9.53 Å². The number of rotatable bonds is 6. The van der Waals surface area contributed by atoms with Crippen LogP contribution in [0.5, 0.6) is 0 Å². The van der Waals surface area contributed by atoms with Gasteiger partial charge in [0.2, 0.25) is 11.9 Å². The molecule has 0 spiro atoms. The molecule has 2 atom stereocenters. The lowest BCUT2D eigenvalue weighted by molar-refractivity contribution is -0.124. The zero-order valence-corrected chi connectivity index (χ0v) is 20.0. The van der Waals surface area contributed by atoms with Crippen LogP contribution in [-0.4, -0.2) is 84.7 Å². The number of hydrogen-bond donors (Lipinski definition) is 3. The summed E-state index contributed by atoms with van der Waals surface area (Å²) in [6.45, 7) is 7.52. The molecule has 3 aliphatic rings. The number of guanidine groups is 1. The molecule has 33 heavy (non-hydrogen) atoms. The molecule has 2 saturated heterocycles. The Kier molecular flexibility index (Phi) is 8.92. The third kappa shape index (κ3) is 7.05. The summed E-state index contributed by atoms with van der Waals surface area (Å²) in [5.41, 5.74) is 4.47. The van der Waals surface area contributed by atoms with E-state index < -0.39 is 17.6 Å². The Morgan fingerprint density at radius 3 is 2.52 bits per heavy atom. The summed E-state index contributed by atoms with van der Waals surface area (Å²) in [6.07, 6.45) is 7.18. The van der Waals surface area contributed by atoms with Crippen molar-refractivity contribution in [1.82, 2.24) is 20.4 Å². The van der Waals surface area contributed by atoms with Gasteiger partial charge in [0, 0.05) is 32.2 Å². The summed E-state index contributed by atoms with van der Waals surface area (Å²) in [6, 6.07) is 1.44. The Labute approximate surface area is 196 Å². The molecule has 2 aliphatic heterocycles. The van der Waals surface area contributed by atoms with Crippen molar-refractivity contribution in [1.29, 1.82) is 5.26 Å². The number of nitrogens with two attached hydrogens (primary N) is 1. The largest absolute Gasteiger partial charge is 0.378 e. The van der Waals surface area contributed by atoms with E-state index in [9.17, 15) is 14.9 Å². The molecule has 1 aliphatic carbocycles. The number of likely N-dealkylation sites (tertiary alicyclic amines) is 1. The number of morpholine rings is 1. The van der Waals surface area contributed by atoms with Crippen molar-refractivity contribution in [3.8, 4) is 6.07 Å². The third-order valence-electron chi connectivity index (χ3n) is 6.79. The summed E-state index contributed by atoms with van der Waals surface area (Å²) in [7, 11) is 0. The van der Waals surface area contributed by atoms with Gasteiger partial charge >= 0.3 is 6.03 Å². The maximum atomic E-state index is 13.4. The smallest absolute Gasteiger partial charge is 0.318 e. The number of nitrogens with one attached hydrogen (secondary N) is 2. The molecule has 184 valence electrons. The number of hydrogen-bond acceptors (Lipinski definition) is 6. The van der Waals surface area contributed by atoms with Crippen LogP contribution in [0.15, 0.2) is 4.99 Å². The molecule has 3 amide bonds. The predicted molar refractivity (Wildman–Crippen MR) is 125 cm³/mol. The van der Waals surface area contributed by atoms with E-state index in [4.69, 9.17) is 10.5 Å². The number of ether oxygens (including phenoxy) is 1. The standard InChI is InChI=1S/C23H39N7O3/c1-17(2)14-19(26-22(27-21(25)32)29-10-12-33-13-11-29)20(31)28-23(15-24)8-9-30(16-23)18-6-4-3-5-7-18/h17-19H,3-14,16H2,1-2H3,(H,28,31)(H3,25,26,27,32). The highest BCUT2D eigenvalue weighted by atomic mass is 16.5. The summed E-state index contributed by atoms with van der Waals surface area (Å²) in [5, 5.41) is 15.7. The van der Waals surface area contributed by atoms with Gasteiger partial charge in [-0.15, -0.1) is 0 Å². The Morgan fingerprint density at radius 1 is 1.21 bits per heavy atom. The molecule has 10 nitrogen and oxygen atoms in total. The van der Waals surface area contributed by atoms with E-state index in [0.717, 1.165) is 19.4 Å². The highest BCUT2D eigenvalue weighted by molar-refractivity contribution is 5.97. The minimum absolute atomic E-state index is 0.198.